The third kappa shape index (κ3) is 8.69. The van der Waals surface area contributed by atoms with Crippen molar-refractivity contribution in [3.8, 4) is 5.75 Å². The predicted octanol–water partition coefficient (Wildman–Crippen LogP) is 10.5. The molecule has 0 saturated heterocycles. The summed E-state index contributed by atoms with van der Waals surface area (Å²) in [6, 6.07) is 36.3. The van der Waals surface area contributed by atoms with E-state index in [0.717, 1.165) is 16.9 Å². The molecule has 4 aromatic carbocycles. The number of benzene rings is 4. The van der Waals surface area contributed by atoms with E-state index in [1.807, 2.05) is 12.1 Å². The number of carbonyl (C=O) groups excluding carboxylic acids is 1. The lowest BCUT2D eigenvalue weighted by Gasteiger charge is -2.26. The summed E-state index contributed by atoms with van der Waals surface area (Å²) in [5.41, 5.74) is 7.60. The maximum absolute atomic E-state index is 12.0. The summed E-state index contributed by atoms with van der Waals surface area (Å²) < 4.78 is 11.9. The van der Waals surface area contributed by atoms with E-state index in [9.17, 15) is 4.79 Å². The van der Waals surface area contributed by atoms with Crippen LogP contribution in [0.15, 0.2) is 115 Å². The predicted molar refractivity (Wildman–Crippen MR) is 180 cm³/mol. The van der Waals surface area contributed by atoms with Gasteiger partial charge in [0.25, 0.3) is 0 Å². The number of esters is 1. The molecule has 4 aromatic rings. The highest BCUT2D eigenvalue weighted by Gasteiger charge is 2.24. The second-order valence-electron chi connectivity index (χ2n) is 10.2. The van der Waals surface area contributed by atoms with Crippen LogP contribution in [-0.4, -0.2) is 19.2 Å². The van der Waals surface area contributed by atoms with E-state index in [4.69, 9.17) is 9.47 Å². The third-order valence-electron chi connectivity index (χ3n) is 7.41. The molecular weight excluding hydrogens is 516 g/mol. The van der Waals surface area contributed by atoms with Crippen LogP contribution < -0.4 is 4.74 Å². The van der Waals surface area contributed by atoms with E-state index in [1.54, 1.807) is 6.92 Å². The summed E-state index contributed by atoms with van der Waals surface area (Å²) in [5, 5.41) is 0. The van der Waals surface area contributed by atoms with Gasteiger partial charge in [0.2, 0.25) is 0 Å². The zero-order chi connectivity index (χ0) is 27.8. The van der Waals surface area contributed by atoms with Gasteiger partial charge < -0.3 is 9.47 Å². The number of rotatable bonds is 11. The van der Waals surface area contributed by atoms with Gasteiger partial charge in [-0.3, -0.25) is 0 Å². The lowest BCUT2D eigenvalue weighted by Crippen LogP contribution is -2.15. The summed E-state index contributed by atoms with van der Waals surface area (Å²) >= 11 is 0. The average molecular weight is 567 g/mol. The standard InChI is InChI=1S/C36H38O3.3CH4/c1-25(2)36(37)39-22-21-38-35-33(27(4)30-17-11-7-12-18-30)23-32(26(3)29-15-9-6-10-16-29)24-34(35)28(5)31-19-13-8-14-20-31;;;/h6-20,23-24,26-28H,1,21-22H2,2-5H3;3*1H4. The first kappa shape index (κ1) is 35.9. The van der Waals surface area contributed by atoms with E-state index >= 15 is 0 Å². The second-order valence-corrected chi connectivity index (χ2v) is 10.2. The molecule has 0 heterocycles. The van der Waals surface area contributed by atoms with Crippen LogP contribution in [0.2, 0.25) is 0 Å². The van der Waals surface area contributed by atoms with Gasteiger partial charge in [0.15, 0.2) is 0 Å². The highest BCUT2D eigenvalue weighted by atomic mass is 16.6. The molecule has 0 spiro atoms. The van der Waals surface area contributed by atoms with Crippen molar-refractivity contribution in [2.45, 2.75) is 67.7 Å². The van der Waals surface area contributed by atoms with Gasteiger partial charge in [0, 0.05) is 34.5 Å². The van der Waals surface area contributed by atoms with Gasteiger partial charge in [-0.1, -0.05) is 153 Å². The highest BCUT2D eigenvalue weighted by molar-refractivity contribution is 5.86. The Hall–Kier alpha value is -4.11. The molecule has 3 unspecified atom stereocenters. The lowest BCUT2D eigenvalue weighted by atomic mass is 9.81. The molecule has 0 fully saturated rings. The quantitative estimate of drug-likeness (QED) is 0.103. The van der Waals surface area contributed by atoms with Crippen LogP contribution in [0.3, 0.4) is 0 Å². The monoisotopic (exact) mass is 566 g/mol. The van der Waals surface area contributed by atoms with Crippen molar-refractivity contribution in [1.29, 1.82) is 0 Å². The SMILES string of the molecule is C.C.C.C=C(C)C(=O)OCCOc1c(C(C)c2ccccc2)cc(C(C)c2ccccc2)cc1C(C)c1ccccc1. The first-order chi connectivity index (χ1) is 18.9. The van der Waals surface area contributed by atoms with E-state index in [-0.39, 0.29) is 53.2 Å². The summed E-state index contributed by atoms with van der Waals surface area (Å²) in [7, 11) is 0. The van der Waals surface area contributed by atoms with Crippen LogP contribution in [0.1, 0.15) is 101 Å². The van der Waals surface area contributed by atoms with Gasteiger partial charge in [-0.05, 0) is 29.2 Å². The van der Waals surface area contributed by atoms with Crippen LogP contribution in [0.25, 0.3) is 0 Å². The van der Waals surface area contributed by atoms with Gasteiger partial charge in [0.1, 0.15) is 19.0 Å². The highest BCUT2D eigenvalue weighted by Crippen LogP contribution is 2.42. The number of ether oxygens (including phenoxy) is 2. The maximum Gasteiger partial charge on any atom is 0.333 e. The van der Waals surface area contributed by atoms with Gasteiger partial charge in [-0.2, -0.15) is 0 Å². The first-order valence-electron chi connectivity index (χ1n) is 13.6. The van der Waals surface area contributed by atoms with Crippen molar-refractivity contribution in [3.05, 3.63) is 149 Å². The summed E-state index contributed by atoms with van der Waals surface area (Å²) in [5.74, 6) is 0.868. The summed E-state index contributed by atoms with van der Waals surface area (Å²) in [6.45, 7) is 12.5. The van der Waals surface area contributed by atoms with Crippen molar-refractivity contribution in [2.75, 3.05) is 13.2 Å². The van der Waals surface area contributed by atoms with Crippen LogP contribution in [0.5, 0.6) is 5.75 Å². The molecule has 224 valence electrons. The molecule has 0 bridgehead atoms. The molecule has 0 aliphatic carbocycles. The van der Waals surface area contributed by atoms with Crippen molar-refractivity contribution >= 4 is 5.97 Å². The normalized spacial score (nSPS) is 12.3. The zero-order valence-electron chi connectivity index (χ0n) is 23.4. The second kappa shape index (κ2) is 17.0. The lowest BCUT2D eigenvalue weighted by molar-refractivity contribution is -0.139. The Morgan fingerprint density at radius 2 is 1.00 bits per heavy atom. The molecule has 0 aromatic heterocycles. The Balaban J connectivity index is 0.00000294. The Labute approximate surface area is 255 Å². The molecule has 0 radical (unpaired) electrons. The van der Waals surface area contributed by atoms with Crippen molar-refractivity contribution < 1.29 is 14.3 Å². The molecule has 42 heavy (non-hydrogen) atoms. The molecule has 4 rings (SSSR count). The zero-order valence-corrected chi connectivity index (χ0v) is 23.4. The Kier molecular flexibility index (Phi) is 14.5. The summed E-state index contributed by atoms with van der Waals surface area (Å²) in [4.78, 5) is 12.0. The number of hydrogen-bond acceptors (Lipinski definition) is 3. The van der Waals surface area contributed by atoms with Gasteiger partial charge >= 0.3 is 5.97 Å². The van der Waals surface area contributed by atoms with E-state index in [2.05, 4.69) is 118 Å². The fourth-order valence-electron chi connectivity index (χ4n) is 4.94. The topological polar surface area (TPSA) is 35.5 Å². The summed E-state index contributed by atoms with van der Waals surface area (Å²) in [6.07, 6.45) is 0. The Morgan fingerprint density at radius 1 is 0.619 bits per heavy atom. The molecule has 3 heteroatoms. The van der Waals surface area contributed by atoms with Crippen molar-refractivity contribution in [3.63, 3.8) is 0 Å². The minimum Gasteiger partial charge on any atom is -0.489 e. The molecule has 0 aliphatic heterocycles. The Bertz CT molecular complexity index is 1310. The third-order valence-corrected chi connectivity index (χ3v) is 7.41. The number of carbonyl (C=O) groups is 1. The minimum absolute atomic E-state index is 0. The van der Waals surface area contributed by atoms with Crippen LogP contribution in [-0.2, 0) is 9.53 Å². The minimum atomic E-state index is -0.401. The average Bonchev–Trinajstić information content (AvgIpc) is 2.99. The van der Waals surface area contributed by atoms with Crippen LogP contribution in [0, 0.1) is 0 Å². The molecule has 3 atom stereocenters. The fourth-order valence-corrected chi connectivity index (χ4v) is 4.94. The van der Waals surface area contributed by atoms with Crippen LogP contribution in [0.4, 0.5) is 0 Å². The fraction of sp³-hybridized carbons (Fsp3) is 0.308. The smallest absolute Gasteiger partial charge is 0.333 e. The largest absolute Gasteiger partial charge is 0.489 e. The Morgan fingerprint density at radius 3 is 1.38 bits per heavy atom. The number of hydrogen-bond donors (Lipinski definition) is 0. The maximum atomic E-state index is 12.0. The van der Waals surface area contributed by atoms with Crippen LogP contribution >= 0.6 is 0 Å². The molecule has 0 aliphatic rings. The van der Waals surface area contributed by atoms with E-state index in [0.29, 0.717) is 5.57 Å². The van der Waals surface area contributed by atoms with Crippen molar-refractivity contribution in [2.24, 2.45) is 0 Å². The van der Waals surface area contributed by atoms with E-state index < -0.39 is 5.97 Å². The van der Waals surface area contributed by atoms with Crippen molar-refractivity contribution in [1.82, 2.24) is 0 Å². The van der Waals surface area contributed by atoms with Gasteiger partial charge in [0.05, 0.1) is 0 Å². The van der Waals surface area contributed by atoms with Gasteiger partial charge in [-0.15, -0.1) is 0 Å². The molecule has 3 nitrogen and oxygen atoms in total. The van der Waals surface area contributed by atoms with Gasteiger partial charge in [-0.25, -0.2) is 4.79 Å². The van der Waals surface area contributed by atoms with E-state index in [1.165, 1.54) is 22.3 Å². The molecule has 0 amide bonds. The molecule has 0 saturated carbocycles. The molecule has 0 N–H and O–H groups in total. The first-order valence-corrected chi connectivity index (χ1v) is 13.6. The molecular formula is C39H50O3.